The number of rotatable bonds is 8. The largest absolute Gasteiger partial charge is 0.462 e. The fourth-order valence-electron chi connectivity index (χ4n) is 4.29. The van der Waals surface area contributed by atoms with Crippen LogP contribution in [0.5, 0.6) is 0 Å². The van der Waals surface area contributed by atoms with Crippen LogP contribution in [0.15, 0.2) is 46.9 Å². The van der Waals surface area contributed by atoms with Crippen molar-refractivity contribution in [1.29, 1.82) is 0 Å². The summed E-state index contributed by atoms with van der Waals surface area (Å²) in [6.07, 6.45) is 1.91. The zero-order chi connectivity index (χ0) is 21.5. The second kappa shape index (κ2) is 10.9. The van der Waals surface area contributed by atoms with Gasteiger partial charge in [-0.3, -0.25) is 9.69 Å². The maximum atomic E-state index is 13.1. The molecule has 0 unspecified atom stereocenters. The molecule has 2 fully saturated rings. The molecule has 1 atom stereocenters. The normalized spacial score (nSPS) is 21.4. The van der Waals surface area contributed by atoms with E-state index in [-0.39, 0.29) is 18.6 Å². The number of benzene rings is 1. The van der Waals surface area contributed by atoms with Crippen LogP contribution in [-0.2, 0) is 34.0 Å². The van der Waals surface area contributed by atoms with E-state index in [2.05, 4.69) is 17.0 Å². The Balaban J connectivity index is 1.43. The summed E-state index contributed by atoms with van der Waals surface area (Å²) in [5, 5.41) is 9.26. The molecule has 2 saturated heterocycles. The Morgan fingerprint density at radius 3 is 2.55 bits per heavy atom. The van der Waals surface area contributed by atoms with Gasteiger partial charge in [-0.25, -0.2) is 0 Å². The molecule has 1 amide bonds. The van der Waals surface area contributed by atoms with Crippen LogP contribution in [0.3, 0.4) is 0 Å². The van der Waals surface area contributed by atoms with E-state index >= 15 is 0 Å². The molecule has 4 rings (SSSR count). The van der Waals surface area contributed by atoms with E-state index in [1.807, 2.05) is 29.2 Å². The smallest absolute Gasteiger partial charge is 0.236 e. The summed E-state index contributed by atoms with van der Waals surface area (Å²) >= 11 is 0. The zero-order valence-corrected chi connectivity index (χ0v) is 17.9. The van der Waals surface area contributed by atoms with Crippen molar-refractivity contribution in [2.24, 2.45) is 5.92 Å². The minimum absolute atomic E-state index is 0.0845. The lowest BCUT2D eigenvalue weighted by Crippen LogP contribution is -2.42. The average Bonchev–Trinajstić information content (AvgIpc) is 3.19. The summed E-state index contributed by atoms with van der Waals surface area (Å²) in [4.78, 5) is 17.2. The number of hydrogen-bond acceptors (Lipinski definition) is 6. The summed E-state index contributed by atoms with van der Waals surface area (Å²) in [6.45, 7) is 4.81. The lowest BCUT2D eigenvalue weighted by molar-refractivity contribution is -0.133. The highest BCUT2D eigenvalue weighted by atomic mass is 16.5. The second-order valence-corrected chi connectivity index (χ2v) is 8.47. The Morgan fingerprint density at radius 2 is 1.81 bits per heavy atom. The molecule has 7 heteroatoms. The molecule has 0 spiro atoms. The molecule has 1 aromatic heterocycles. The molecule has 7 nitrogen and oxygen atoms in total. The number of carbonyl (C=O) groups excluding carboxylic acids is 1. The van der Waals surface area contributed by atoms with Crippen molar-refractivity contribution in [3.05, 3.63) is 59.5 Å². The fourth-order valence-corrected chi connectivity index (χ4v) is 4.29. The molecule has 1 aromatic carbocycles. The van der Waals surface area contributed by atoms with Crippen molar-refractivity contribution >= 4 is 5.91 Å². The molecule has 2 aliphatic heterocycles. The van der Waals surface area contributed by atoms with Gasteiger partial charge in [0, 0.05) is 32.8 Å². The molecule has 31 heavy (non-hydrogen) atoms. The predicted octanol–water partition coefficient (Wildman–Crippen LogP) is 2.43. The molecule has 168 valence electrons. The third kappa shape index (κ3) is 6.40. The fraction of sp³-hybridized carbons (Fsp3) is 0.542. The molecule has 1 N–H and O–H groups in total. The summed E-state index contributed by atoms with van der Waals surface area (Å²) < 4.78 is 17.4. The molecule has 0 bridgehead atoms. The number of amides is 1. The standard InChI is InChI=1S/C24H32N2O5/c27-17-22-7-6-21(31-22)13-25-14-23(30-18-20-4-2-1-3-5-20)15-26(24(28)16-25)12-19-8-10-29-11-9-19/h1-7,19,23,27H,8-18H2/t23-/m0/s1. The van der Waals surface area contributed by atoms with Crippen molar-refractivity contribution in [2.45, 2.75) is 38.7 Å². The highest BCUT2D eigenvalue weighted by Crippen LogP contribution is 2.20. The number of ether oxygens (including phenoxy) is 2. The Kier molecular flexibility index (Phi) is 7.75. The van der Waals surface area contributed by atoms with E-state index in [9.17, 15) is 9.90 Å². The Bertz CT molecular complexity index is 818. The Hall–Kier alpha value is -2.19. The Morgan fingerprint density at radius 1 is 1.03 bits per heavy atom. The van der Waals surface area contributed by atoms with Gasteiger partial charge in [-0.15, -0.1) is 0 Å². The summed E-state index contributed by atoms with van der Waals surface area (Å²) in [5.41, 5.74) is 1.12. The van der Waals surface area contributed by atoms with Crippen LogP contribution in [0.1, 0.15) is 29.9 Å². The quantitative estimate of drug-likeness (QED) is 0.696. The molecule has 2 aliphatic rings. The molecule has 3 heterocycles. The topological polar surface area (TPSA) is 75.4 Å². The summed E-state index contributed by atoms with van der Waals surface area (Å²) in [5.74, 6) is 1.90. The number of nitrogens with zero attached hydrogens (tertiary/aromatic N) is 2. The van der Waals surface area contributed by atoms with Gasteiger partial charge in [0.2, 0.25) is 5.91 Å². The van der Waals surface area contributed by atoms with Crippen molar-refractivity contribution < 1.29 is 23.8 Å². The first-order valence-corrected chi connectivity index (χ1v) is 11.1. The van der Waals surface area contributed by atoms with Crippen LogP contribution in [0.25, 0.3) is 0 Å². The van der Waals surface area contributed by atoms with Crippen LogP contribution in [-0.4, -0.2) is 66.3 Å². The van der Waals surface area contributed by atoms with Crippen LogP contribution >= 0.6 is 0 Å². The number of furan rings is 1. The first kappa shape index (κ1) is 22.0. The van der Waals surface area contributed by atoms with E-state index in [0.29, 0.717) is 44.5 Å². The molecular formula is C24H32N2O5. The van der Waals surface area contributed by atoms with Crippen molar-refractivity contribution in [3.8, 4) is 0 Å². The maximum absolute atomic E-state index is 13.1. The molecular weight excluding hydrogens is 396 g/mol. The number of aliphatic hydroxyl groups excluding tert-OH is 1. The monoisotopic (exact) mass is 428 g/mol. The SMILES string of the molecule is O=C1CN(Cc2ccc(CO)o2)C[C@H](OCc2ccccc2)CN1CC1CCOCC1. The van der Waals surface area contributed by atoms with Crippen LogP contribution in [0.4, 0.5) is 0 Å². The van der Waals surface area contributed by atoms with Crippen LogP contribution in [0.2, 0.25) is 0 Å². The molecule has 0 aliphatic carbocycles. The third-order valence-corrected chi connectivity index (χ3v) is 6.00. The van der Waals surface area contributed by atoms with Gasteiger partial charge in [-0.2, -0.15) is 0 Å². The van der Waals surface area contributed by atoms with Gasteiger partial charge in [0.05, 0.1) is 25.8 Å². The molecule has 0 saturated carbocycles. The van der Waals surface area contributed by atoms with Crippen LogP contribution < -0.4 is 0 Å². The molecule has 0 radical (unpaired) electrons. The highest BCUT2D eigenvalue weighted by Gasteiger charge is 2.30. The number of carbonyl (C=O) groups is 1. The average molecular weight is 429 g/mol. The highest BCUT2D eigenvalue weighted by molar-refractivity contribution is 5.78. The van der Waals surface area contributed by atoms with Gasteiger partial charge in [0.25, 0.3) is 0 Å². The minimum Gasteiger partial charge on any atom is -0.462 e. The number of aliphatic hydroxyl groups is 1. The van der Waals surface area contributed by atoms with Crippen molar-refractivity contribution in [3.63, 3.8) is 0 Å². The van der Waals surface area contributed by atoms with E-state index in [1.54, 1.807) is 6.07 Å². The minimum atomic E-state index is -0.124. The maximum Gasteiger partial charge on any atom is 0.236 e. The van der Waals surface area contributed by atoms with Gasteiger partial charge in [-0.05, 0) is 36.5 Å². The van der Waals surface area contributed by atoms with Gasteiger partial charge in [0.1, 0.15) is 18.1 Å². The van der Waals surface area contributed by atoms with Gasteiger partial charge in [0.15, 0.2) is 0 Å². The lowest BCUT2D eigenvalue weighted by Gasteiger charge is -2.30. The second-order valence-electron chi connectivity index (χ2n) is 8.47. The predicted molar refractivity (Wildman–Crippen MR) is 115 cm³/mol. The summed E-state index contributed by atoms with van der Waals surface area (Å²) in [7, 11) is 0. The van der Waals surface area contributed by atoms with Gasteiger partial charge < -0.3 is 23.9 Å². The van der Waals surface area contributed by atoms with E-state index < -0.39 is 0 Å². The van der Waals surface area contributed by atoms with Gasteiger partial charge in [-0.1, -0.05) is 30.3 Å². The third-order valence-electron chi connectivity index (χ3n) is 6.00. The Labute approximate surface area is 183 Å². The van der Waals surface area contributed by atoms with Gasteiger partial charge >= 0.3 is 0 Å². The van der Waals surface area contributed by atoms with E-state index in [4.69, 9.17) is 13.9 Å². The van der Waals surface area contributed by atoms with E-state index in [0.717, 1.165) is 43.9 Å². The van der Waals surface area contributed by atoms with E-state index in [1.165, 1.54) is 0 Å². The van der Waals surface area contributed by atoms with Crippen LogP contribution in [0, 0.1) is 5.92 Å². The van der Waals surface area contributed by atoms with Crippen molar-refractivity contribution in [1.82, 2.24) is 9.80 Å². The molecule has 2 aromatic rings. The lowest BCUT2D eigenvalue weighted by atomic mass is 9.99. The zero-order valence-electron chi connectivity index (χ0n) is 17.9. The first-order chi connectivity index (χ1) is 15.2. The summed E-state index contributed by atoms with van der Waals surface area (Å²) in [6, 6.07) is 13.8. The first-order valence-electron chi connectivity index (χ1n) is 11.1. The number of hydrogen-bond donors (Lipinski definition) is 1. The van der Waals surface area contributed by atoms with Crippen molar-refractivity contribution in [2.75, 3.05) is 39.4 Å².